The smallest absolute Gasteiger partial charge is 0.244 e. The minimum Gasteiger partial charge on any atom is -0.395 e. The molecule has 2 aromatic rings. The Labute approximate surface area is 135 Å². The SMILES string of the molecule is CO[C@@H]1C[C@@H](CO)N(S(=O)(=O)c2ccc(C)c3ncccc23)C1. The number of sulfonamides is 1. The van der Waals surface area contributed by atoms with Crippen LogP contribution in [0.15, 0.2) is 35.4 Å². The van der Waals surface area contributed by atoms with Crippen molar-refractivity contribution in [3.05, 3.63) is 36.0 Å². The fraction of sp³-hybridized carbons (Fsp3) is 0.438. The average Bonchev–Trinajstić information content (AvgIpc) is 2.99. The molecule has 2 heterocycles. The van der Waals surface area contributed by atoms with Gasteiger partial charge in [-0.15, -0.1) is 0 Å². The standard InChI is InChI=1S/C16H20N2O4S/c1-11-5-6-15(14-4-3-7-17-16(11)14)23(20,21)18-9-13(22-2)8-12(18)10-19/h3-7,12-13,19H,8-10H2,1-2H3/t12-,13+/m0/s1. The monoisotopic (exact) mass is 336 g/mol. The first-order chi connectivity index (χ1) is 11.0. The Kier molecular flexibility index (Phi) is 4.37. The van der Waals surface area contributed by atoms with Gasteiger partial charge in [-0.05, 0) is 37.1 Å². The number of ether oxygens (including phenoxy) is 1. The first-order valence-electron chi connectivity index (χ1n) is 7.49. The molecule has 1 aliphatic heterocycles. The van der Waals surface area contributed by atoms with Gasteiger partial charge in [0.05, 0.1) is 29.2 Å². The van der Waals surface area contributed by atoms with Gasteiger partial charge in [-0.2, -0.15) is 4.31 Å². The number of pyridine rings is 1. The van der Waals surface area contributed by atoms with E-state index in [1.54, 1.807) is 37.6 Å². The molecule has 2 atom stereocenters. The quantitative estimate of drug-likeness (QED) is 0.911. The normalized spacial score (nSPS) is 22.7. The molecule has 124 valence electrons. The lowest BCUT2D eigenvalue weighted by Crippen LogP contribution is -2.38. The third-order valence-corrected chi connectivity index (χ3v) is 6.36. The first kappa shape index (κ1) is 16.3. The number of rotatable bonds is 4. The molecule has 3 rings (SSSR count). The maximum absolute atomic E-state index is 13.1. The third kappa shape index (κ3) is 2.74. The largest absolute Gasteiger partial charge is 0.395 e. The number of hydrogen-bond donors (Lipinski definition) is 1. The summed E-state index contributed by atoms with van der Waals surface area (Å²) in [5, 5.41) is 10.1. The van der Waals surface area contributed by atoms with Crippen molar-refractivity contribution in [2.45, 2.75) is 30.4 Å². The second-order valence-corrected chi connectivity index (χ2v) is 7.64. The van der Waals surface area contributed by atoms with E-state index in [2.05, 4.69) is 4.98 Å². The van der Waals surface area contributed by atoms with E-state index >= 15 is 0 Å². The zero-order valence-corrected chi connectivity index (χ0v) is 14.0. The van der Waals surface area contributed by atoms with E-state index < -0.39 is 16.1 Å². The molecule has 1 aromatic carbocycles. The predicted octanol–water partition coefficient (Wildman–Crippen LogP) is 1.31. The summed E-state index contributed by atoms with van der Waals surface area (Å²) in [6.07, 6.45) is 1.95. The van der Waals surface area contributed by atoms with Crippen LogP contribution in [0, 0.1) is 6.92 Å². The molecule has 23 heavy (non-hydrogen) atoms. The van der Waals surface area contributed by atoms with Gasteiger partial charge in [0, 0.05) is 25.2 Å². The van der Waals surface area contributed by atoms with Crippen molar-refractivity contribution in [2.75, 3.05) is 20.3 Å². The van der Waals surface area contributed by atoms with Crippen LogP contribution in [0.4, 0.5) is 0 Å². The number of aliphatic hydroxyl groups is 1. The fourth-order valence-corrected chi connectivity index (χ4v) is 4.96. The highest BCUT2D eigenvalue weighted by Gasteiger charge is 2.40. The van der Waals surface area contributed by atoms with E-state index in [1.165, 1.54) is 4.31 Å². The van der Waals surface area contributed by atoms with E-state index in [-0.39, 0.29) is 24.2 Å². The minimum atomic E-state index is -3.73. The average molecular weight is 336 g/mol. The van der Waals surface area contributed by atoms with Crippen LogP contribution < -0.4 is 0 Å². The molecule has 1 saturated heterocycles. The molecule has 1 aromatic heterocycles. The molecule has 1 N–H and O–H groups in total. The maximum Gasteiger partial charge on any atom is 0.244 e. The van der Waals surface area contributed by atoms with Gasteiger partial charge in [-0.25, -0.2) is 8.42 Å². The zero-order valence-electron chi connectivity index (χ0n) is 13.1. The molecule has 0 radical (unpaired) electrons. The van der Waals surface area contributed by atoms with Crippen molar-refractivity contribution in [3.63, 3.8) is 0 Å². The summed E-state index contributed by atoms with van der Waals surface area (Å²) in [5.41, 5.74) is 1.60. The Balaban J connectivity index is 2.12. The van der Waals surface area contributed by atoms with E-state index in [0.29, 0.717) is 17.3 Å². The summed E-state index contributed by atoms with van der Waals surface area (Å²) in [7, 11) is -2.18. The van der Waals surface area contributed by atoms with Crippen LogP contribution in [0.25, 0.3) is 10.9 Å². The van der Waals surface area contributed by atoms with Crippen molar-refractivity contribution < 1.29 is 18.3 Å². The number of fused-ring (bicyclic) bond motifs is 1. The molecule has 0 saturated carbocycles. The highest BCUT2D eigenvalue weighted by atomic mass is 32.2. The number of hydrogen-bond acceptors (Lipinski definition) is 5. The van der Waals surface area contributed by atoms with Crippen LogP contribution in [0.5, 0.6) is 0 Å². The summed E-state index contributed by atoms with van der Waals surface area (Å²) in [5.74, 6) is 0. The molecular formula is C16H20N2O4S. The number of aryl methyl sites for hydroxylation is 1. The molecular weight excluding hydrogens is 316 g/mol. The summed E-state index contributed by atoms with van der Waals surface area (Å²) in [6, 6.07) is 6.41. The number of aliphatic hydroxyl groups excluding tert-OH is 1. The van der Waals surface area contributed by atoms with Crippen LogP contribution in [-0.4, -0.2) is 55.2 Å². The Bertz CT molecular complexity index is 822. The topological polar surface area (TPSA) is 79.7 Å². The van der Waals surface area contributed by atoms with Gasteiger partial charge in [0.25, 0.3) is 0 Å². The number of benzene rings is 1. The number of aromatic nitrogens is 1. The molecule has 6 nitrogen and oxygen atoms in total. The van der Waals surface area contributed by atoms with Crippen molar-refractivity contribution in [1.82, 2.24) is 9.29 Å². The van der Waals surface area contributed by atoms with E-state index in [1.807, 2.05) is 6.92 Å². The summed E-state index contributed by atoms with van der Waals surface area (Å²) >= 11 is 0. The van der Waals surface area contributed by atoms with Crippen LogP contribution in [0.2, 0.25) is 0 Å². The van der Waals surface area contributed by atoms with Gasteiger partial charge in [-0.3, -0.25) is 4.98 Å². The second kappa shape index (κ2) is 6.16. The highest BCUT2D eigenvalue weighted by Crippen LogP contribution is 2.31. The lowest BCUT2D eigenvalue weighted by atomic mass is 10.1. The molecule has 0 amide bonds. The lowest BCUT2D eigenvalue weighted by molar-refractivity contribution is 0.113. The molecule has 0 aliphatic carbocycles. The van der Waals surface area contributed by atoms with Crippen molar-refractivity contribution in [2.24, 2.45) is 0 Å². The zero-order chi connectivity index (χ0) is 16.6. The van der Waals surface area contributed by atoms with Gasteiger partial charge in [-0.1, -0.05) is 6.07 Å². The fourth-order valence-electron chi connectivity index (χ4n) is 3.12. The van der Waals surface area contributed by atoms with E-state index in [4.69, 9.17) is 4.74 Å². The summed E-state index contributed by atoms with van der Waals surface area (Å²) in [6.45, 7) is 1.93. The van der Waals surface area contributed by atoms with Gasteiger partial charge in [0.15, 0.2) is 0 Å². The van der Waals surface area contributed by atoms with E-state index in [9.17, 15) is 13.5 Å². The van der Waals surface area contributed by atoms with Gasteiger partial charge in [0.1, 0.15) is 0 Å². The lowest BCUT2D eigenvalue weighted by Gasteiger charge is -2.23. The Morgan fingerprint density at radius 1 is 1.39 bits per heavy atom. The van der Waals surface area contributed by atoms with Crippen molar-refractivity contribution in [1.29, 1.82) is 0 Å². The van der Waals surface area contributed by atoms with E-state index in [0.717, 1.165) is 5.56 Å². The van der Waals surface area contributed by atoms with Gasteiger partial charge < -0.3 is 9.84 Å². The van der Waals surface area contributed by atoms with Crippen LogP contribution >= 0.6 is 0 Å². The molecule has 0 bridgehead atoms. The molecule has 0 unspecified atom stereocenters. The Hall–Kier alpha value is -1.54. The van der Waals surface area contributed by atoms with Crippen molar-refractivity contribution in [3.8, 4) is 0 Å². The highest BCUT2D eigenvalue weighted by molar-refractivity contribution is 7.89. The molecule has 7 heteroatoms. The van der Waals surface area contributed by atoms with Gasteiger partial charge >= 0.3 is 0 Å². The summed E-state index contributed by atoms with van der Waals surface area (Å²) in [4.78, 5) is 4.52. The molecule has 0 spiro atoms. The van der Waals surface area contributed by atoms with Crippen LogP contribution in [0.1, 0.15) is 12.0 Å². The van der Waals surface area contributed by atoms with Gasteiger partial charge in [0.2, 0.25) is 10.0 Å². The number of methoxy groups -OCH3 is 1. The minimum absolute atomic E-state index is 0.197. The summed E-state index contributed by atoms with van der Waals surface area (Å²) < 4.78 is 32.9. The van der Waals surface area contributed by atoms with Crippen LogP contribution in [0.3, 0.4) is 0 Å². The van der Waals surface area contributed by atoms with Crippen molar-refractivity contribution >= 4 is 20.9 Å². The number of nitrogens with zero attached hydrogens (tertiary/aromatic N) is 2. The Morgan fingerprint density at radius 3 is 2.87 bits per heavy atom. The van der Waals surface area contributed by atoms with Crippen LogP contribution in [-0.2, 0) is 14.8 Å². The molecule has 1 aliphatic rings. The first-order valence-corrected chi connectivity index (χ1v) is 8.93. The predicted molar refractivity (Wildman–Crippen MR) is 86.7 cm³/mol. The Morgan fingerprint density at radius 2 is 2.17 bits per heavy atom. The maximum atomic E-state index is 13.1. The third-order valence-electron chi connectivity index (χ3n) is 4.39. The molecule has 1 fully saturated rings. The second-order valence-electron chi connectivity index (χ2n) is 5.78.